The zero-order valence-electron chi connectivity index (χ0n) is 17.6. The Hall–Kier alpha value is -2.18. The average Bonchev–Trinajstić information content (AvgIpc) is 3.12. The summed E-state index contributed by atoms with van der Waals surface area (Å²) in [4.78, 5) is 7.61. The van der Waals surface area contributed by atoms with E-state index in [1.54, 1.807) is 37.4 Å². The lowest BCUT2D eigenvalue weighted by Crippen LogP contribution is -2.37. The van der Waals surface area contributed by atoms with Crippen LogP contribution in [0.3, 0.4) is 0 Å². The molecule has 2 aromatic carbocycles. The van der Waals surface area contributed by atoms with Gasteiger partial charge in [-0.2, -0.15) is 0 Å². The van der Waals surface area contributed by atoms with Gasteiger partial charge in [-0.3, -0.25) is 4.99 Å². The van der Waals surface area contributed by atoms with Crippen LogP contribution in [0.25, 0.3) is 10.9 Å². The molecule has 3 rings (SSSR count). The molecule has 168 valence electrons. The zero-order valence-corrected chi connectivity index (χ0v) is 20.8. The molecule has 0 atom stereocenters. The number of aromatic amines is 1. The number of sulfonamides is 1. The fourth-order valence-corrected chi connectivity index (χ4v) is 3.97. The Bertz CT molecular complexity index is 1140. The van der Waals surface area contributed by atoms with Crippen molar-refractivity contribution in [2.75, 3.05) is 27.7 Å². The highest BCUT2D eigenvalue weighted by Crippen LogP contribution is 2.19. The van der Waals surface area contributed by atoms with Crippen LogP contribution in [0.5, 0.6) is 0 Å². The van der Waals surface area contributed by atoms with Crippen LogP contribution in [0.1, 0.15) is 11.1 Å². The van der Waals surface area contributed by atoms with Crippen LogP contribution in [0.2, 0.25) is 0 Å². The van der Waals surface area contributed by atoms with Gasteiger partial charge in [0.2, 0.25) is 10.0 Å². The summed E-state index contributed by atoms with van der Waals surface area (Å²) in [5.74, 6) is 0.379. The van der Waals surface area contributed by atoms with E-state index in [4.69, 9.17) is 0 Å². The molecule has 0 radical (unpaired) electrons. The highest BCUT2D eigenvalue weighted by Gasteiger charge is 2.16. The number of aromatic nitrogens is 1. The molecule has 3 N–H and O–H groups in total. The second-order valence-corrected chi connectivity index (χ2v) is 9.19. The number of guanidine groups is 1. The quantitative estimate of drug-likeness (QED) is 0.236. The molecular weight excluding hydrogens is 532 g/mol. The summed E-state index contributed by atoms with van der Waals surface area (Å²) in [6.45, 7) is 1.13. The van der Waals surface area contributed by atoms with Crippen molar-refractivity contribution in [1.82, 2.24) is 19.9 Å². The molecule has 7 nitrogen and oxygen atoms in total. The molecule has 0 aliphatic heterocycles. The molecule has 0 fully saturated rings. The third kappa shape index (κ3) is 6.17. The molecular formula is C21H27FIN5O2S. The summed E-state index contributed by atoms with van der Waals surface area (Å²) in [6, 6.07) is 11.5. The highest BCUT2D eigenvalue weighted by molar-refractivity contribution is 14.0. The largest absolute Gasteiger partial charge is 0.361 e. The van der Waals surface area contributed by atoms with Crippen molar-refractivity contribution in [3.8, 4) is 0 Å². The number of hydrogen-bond acceptors (Lipinski definition) is 3. The average molecular weight is 559 g/mol. The molecule has 0 amide bonds. The second kappa shape index (κ2) is 10.9. The topological polar surface area (TPSA) is 89.6 Å². The monoisotopic (exact) mass is 559 g/mol. The predicted molar refractivity (Wildman–Crippen MR) is 133 cm³/mol. The third-order valence-electron chi connectivity index (χ3n) is 4.80. The molecule has 0 aliphatic rings. The second-order valence-electron chi connectivity index (χ2n) is 7.04. The first kappa shape index (κ1) is 25.1. The van der Waals surface area contributed by atoms with Gasteiger partial charge in [0, 0.05) is 51.3 Å². The molecule has 1 aromatic heterocycles. The van der Waals surface area contributed by atoms with Crippen molar-refractivity contribution in [3.05, 3.63) is 65.6 Å². The number of halogens is 2. The molecule has 10 heteroatoms. The van der Waals surface area contributed by atoms with E-state index in [2.05, 4.69) is 20.6 Å². The van der Waals surface area contributed by atoms with Gasteiger partial charge in [0.05, 0.1) is 4.90 Å². The van der Waals surface area contributed by atoms with Gasteiger partial charge in [-0.15, -0.1) is 24.0 Å². The van der Waals surface area contributed by atoms with Gasteiger partial charge in [-0.25, -0.2) is 17.1 Å². The lowest BCUT2D eigenvalue weighted by molar-refractivity contribution is 0.520. The summed E-state index contributed by atoms with van der Waals surface area (Å²) in [5.41, 5.74) is 2.88. The van der Waals surface area contributed by atoms with Gasteiger partial charge in [-0.1, -0.05) is 12.1 Å². The number of aliphatic imine (C=N–C) groups is 1. The van der Waals surface area contributed by atoms with E-state index in [9.17, 15) is 12.8 Å². The number of rotatable bonds is 7. The molecule has 1 heterocycles. The number of benzene rings is 2. The van der Waals surface area contributed by atoms with Crippen LogP contribution in [0, 0.1) is 5.82 Å². The van der Waals surface area contributed by atoms with Gasteiger partial charge in [0.25, 0.3) is 0 Å². The van der Waals surface area contributed by atoms with Gasteiger partial charge in [0.1, 0.15) is 5.82 Å². The van der Waals surface area contributed by atoms with Crippen molar-refractivity contribution in [1.29, 1.82) is 0 Å². The SMILES string of the molecule is CN=C(NCCc1c[nH]c2ccc(F)cc12)NCc1ccc(S(=O)(=O)N(C)C)cc1.I. The summed E-state index contributed by atoms with van der Waals surface area (Å²) >= 11 is 0. The molecule has 0 aliphatic carbocycles. The standard InChI is InChI=1S/C21H26FN5O2S.HI/c1-23-21(24-11-10-16-14-25-20-9-6-17(22)12-19(16)20)26-13-15-4-7-18(8-5-15)30(28,29)27(2)3;/h4-9,12,14,25H,10-11,13H2,1-3H3,(H2,23,24,26);1H. The minimum atomic E-state index is -3.43. The van der Waals surface area contributed by atoms with Crippen LogP contribution < -0.4 is 10.6 Å². The zero-order chi connectivity index (χ0) is 21.7. The van der Waals surface area contributed by atoms with E-state index in [1.807, 2.05) is 6.20 Å². The number of hydrogen-bond donors (Lipinski definition) is 3. The van der Waals surface area contributed by atoms with Gasteiger partial charge < -0.3 is 15.6 Å². The van der Waals surface area contributed by atoms with Crippen molar-refractivity contribution in [2.45, 2.75) is 17.9 Å². The first-order valence-corrected chi connectivity index (χ1v) is 11.0. The molecule has 0 bridgehead atoms. The Labute approximate surface area is 199 Å². The van der Waals surface area contributed by atoms with Crippen molar-refractivity contribution < 1.29 is 12.8 Å². The summed E-state index contributed by atoms with van der Waals surface area (Å²) in [7, 11) is 1.27. The Kier molecular flexibility index (Phi) is 8.83. The first-order chi connectivity index (χ1) is 14.3. The Balaban J connectivity index is 0.00000341. The smallest absolute Gasteiger partial charge is 0.242 e. The lowest BCUT2D eigenvalue weighted by Gasteiger charge is -2.13. The first-order valence-electron chi connectivity index (χ1n) is 9.53. The predicted octanol–water partition coefficient (Wildman–Crippen LogP) is 3.08. The van der Waals surface area contributed by atoms with E-state index in [-0.39, 0.29) is 34.7 Å². The number of fused-ring (bicyclic) bond motifs is 1. The van der Waals surface area contributed by atoms with E-state index in [0.29, 0.717) is 25.5 Å². The van der Waals surface area contributed by atoms with Crippen LogP contribution in [0.15, 0.2) is 58.5 Å². The number of H-pyrrole nitrogens is 1. The van der Waals surface area contributed by atoms with Crippen molar-refractivity contribution in [2.24, 2.45) is 4.99 Å². The molecule has 0 unspecified atom stereocenters. The van der Waals surface area contributed by atoms with E-state index < -0.39 is 10.0 Å². The van der Waals surface area contributed by atoms with Crippen molar-refractivity contribution >= 4 is 50.9 Å². The maximum Gasteiger partial charge on any atom is 0.242 e. The molecule has 31 heavy (non-hydrogen) atoms. The van der Waals surface area contributed by atoms with Gasteiger partial charge >= 0.3 is 0 Å². The lowest BCUT2D eigenvalue weighted by atomic mass is 10.1. The minimum Gasteiger partial charge on any atom is -0.361 e. The minimum absolute atomic E-state index is 0. The normalized spacial score (nSPS) is 12.1. The molecule has 0 spiro atoms. The fourth-order valence-electron chi connectivity index (χ4n) is 3.07. The van der Waals surface area contributed by atoms with Crippen LogP contribution in [-0.4, -0.2) is 51.4 Å². The Morgan fingerprint density at radius 3 is 2.48 bits per heavy atom. The van der Waals surface area contributed by atoms with Crippen LogP contribution in [-0.2, 0) is 23.0 Å². The van der Waals surface area contributed by atoms with Gasteiger partial charge in [0.15, 0.2) is 5.96 Å². The van der Waals surface area contributed by atoms with Crippen LogP contribution in [0.4, 0.5) is 4.39 Å². The molecule has 0 saturated carbocycles. The third-order valence-corrected chi connectivity index (χ3v) is 6.63. The summed E-state index contributed by atoms with van der Waals surface area (Å²) in [5, 5.41) is 7.32. The van der Waals surface area contributed by atoms with Crippen LogP contribution >= 0.6 is 24.0 Å². The number of nitrogens with one attached hydrogen (secondary N) is 3. The van der Waals surface area contributed by atoms with E-state index >= 15 is 0 Å². The maximum absolute atomic E-state index is 13.5. The fraction of sp³-hybridized carbons (Fsp3) is 0.286. The molecule has 0 saturated heterocycles. The van der Waals surface area contributed by atoms with Crippen molar-refractivity contribution in [3.63, 3.8) is 0 Å². The van der Waals surface area contributed by atoms with Gasteiger partial charge in [-0.05, 0) is 47.9 Å². The highest BCUT2D eigenvalue weighted by atomic mass is 127. The Morgan fingerprint density at radius 1 is 1.13 bits per heavy atom. The summed E-state index contributed by atoms with van der Waals surface area (Å²) < 4.78 is 38.9. The maximum atomic E-state index is 13.5. The number of nitrogens with zero attached hydrogens (tertiary/aromatic N) is 2. The van der Waals surface area contributed by atoms with E-state index in [0.717, 1.165) is 22.0 Å². The molecule has 3 aromatic rings. The summed E-state index contributed by atoms with van der Waals surface area (Å²) in [6.07, 6.45) is 2.60. The Morgan fingerprint density at radius 2 is 1.84 bits per heavy atom. The van der Waals surface area contributed by atoms with E-state index in [1.165, 1.54) is 30.5 Å².